The molecule has 0 bridgehead atoms. The summed E-state index contributed by atoms with van der Waals surface area (Å²) >= 11 is -1.12. The molecule has 0 spiro atoms. The molecule has 0 aliphatic heterocycles. The Labute approximate surface area is 220 Å². The third kappa shape index (κ3) is 7.77. The predicted molar refractivity (Wildman–Crippen MR) is 139 cm³/mol. The Kier molecular flexibility index (Phi) is 8.65. The molecule has 2 aliphatic rings. The highest BCUT2D eigenvalue weighted by Gasteiger charge is 2.40. The molecule has 2 aliphatic carbocycles. The first-order valence-electron chi connectivity index (χ1n) is 13.3. The average Bonchev–Trinajstić information content (AvgIpc) is 3.56. The van der Waals surface area contributed by atoms with Crippen LogP contribution >= 0.6 is 0 Å². The molecule has 3 atom stereocenters. The van der Waals surface area contributed by atoms with Gasteiger partial charge in [0.1, 0.15) is 11.4 Å². The Morgan fingerprint density at radius 2 is 1.92 bits per heavy atom. The summed E-state index contributed by atoms with van der Waals surface area (Å²) in [5.74, 6) is -1.85. The summed E-state index contributed by atoms with van der Waals surface area (Å²) in [7, 11) is 0. The van der Waals surface area contributed by atoms with E-state index >= 15 is 0 Å². The second kappa shape index (κ2) is 11.4. The molecule has 0 saturated heterocycles. The number of unbranched alkanes of at least 4 members (excludes halogenated alkanes) is 1. The maximum absolute atomic E-state index is 13.9. The highest BCUT2D eigenvalue weighted by molar-refractivity contribution is 7.89. The van der Waals surface area contributed by atoms with Gasteiger partial charge in [-0.3, -0.25) is 0 Å². The van der Waals surface area contributed by atoms with Crippen LogP contribution in [0.1, 0.15) is 102 Å². The van der Waals surface area contributed by atoms with Gasteiger partial charge in [-0.25, -0.2) is 23.1 Å². The Balaban J connectivity index is 1.57. The summed E-state index contributed by atoms with van der Waals surface area (Å²) in [6.07, 6.45) is 7.05. The molecule has 1 amide bonds. The van der Waals surface area contributed by atoms with Crippen molar-refractivity contribution < 1.29 is 22.9 Å². The molecule has 8 nitrogen and oxygen atoms in total. The fraction of sp³-hybridized carbons (Fsp3) is 0.731. The molecule has 206 valence electrons. The van der Waals surface area contributed by atoms with Gasteiger partial charge in [-0.15, -0.1) is 4.72 Å². The summed E-state index contributed by atoms with van der Waals surface area (Å²) in [6.45, 7) is 7.41. The molecule has 1 unspecified atom stereocenters. The van der Waals surface area contributed by atoms with Gasteiger partial charge in [-0.1, -0.05) is 13.3 Å². The molecular formula is C26H39F2N5O3S. The van der Waals surface area contributed by atoms with Crippen molar-refractivity contribution in [1.29, 1.82) is 0 Å². The van der Waals surface area contributed by atoms with Crippen molar-refractivity contribution in [2.45, 2.75) is 103 Å². The molecule has 4 rings (SSSR count). The summed E-state index contributed by atoms with van der Waals surface area (Å²) in [5.41, 5.74) is 1.39. The lowest BCUT2D eigenvalue weighted by Gasteiger charge is -2.33. The third-order valence-electron chi connectivity index (χ3n) is 6.98. The first kappa shape index (κ1) is 28.0. The highest BCUT2D eigenvalue weighted by atomic mass is 32.2. The van der Waals surface area contributed by atoms with E-state index in [9.17, 15) is 18.1 Å². The van der Waals surface area contributed by atoms with E-state index in [2.05, 4.69) is 22.1 Å². The monoisotopic (exact) mass is 539 g/mol. The Hall–Kier alpha value is -1.98. The second-order valence-corrected chi connectivity index (χ2v) is 12.7. The van der Waals surface area contributed by atoms with Gasteiger partial charge in [-0.2, -0.15) is 5.10 Å². The topological polar surface area (TPSA) is 104 Å². The van der Waals surface area contributed by atoms with Crippen molar-refractivity contribution in [2.75, 3.05) is 5.75 Å². The predicted octanol–water partition coefficient (Wildman–Crippen LogP) is 5.63. The number of halogens is 2. The molecule has 2 N–H and O–H groups in total. The maximum atomic E-state index is 13.9. The zero-order chi connectivity index (χ0) is 26.8. The van der Waals surface area contributed by atoms with E-state index in [0.717, 1.165) is 31.2 Å². The Bertz CT molecular complexity index is 1060. The lowest BCUT2D eigenvalue weighted by molar-refractivity contribution is -0.0500. The third-order valence-corrected chi connectivity index (χ3v) is 8.15. The summed E-state index contributed by atoms with van der Waals surface area (Å²) in [6, 6.07) is 1.30. The lowest BCUT2D eigenvalue weighted by atomic mass is 9.81. The first-order chi connectivity index (χ1) is 17.4. The number of fused-ring (bicyclic) bond motifs is 1. The molecule has 37 heavy (non-hydrogen) atoms. The van der Waals surface area contributed by atoms with E-state index in [0.29, 0.717) is 23.0 Å². The van der Waals surface area contributed by atoms with Gasteiger partial charge in [0.25, 0.3) is 0 Å². The fourth-order valence-electron chi connectivity index (χ4n) is 4.84. The van der Waals surface area contributed by atoms with Crippen molar-refractivity contribution in [3.63, 3.8) is 0 Å². The fourth-order valence-corrected chi connectivity index (χ4v) is 6.12. The van der Waals surface area contributed by atoms with Gasteiger partial charge in [0.2, 0.25) is 5.92 Å². The minimum atomic E-state index is -2.68. The number of nitrogens with zero attached hydrogens (tertiary/aromatic N) is 3. The van der Waals surface area contributed by atoms with E-state index in [-0.39, 0.29) is 37.6 Å². The van der Waals surface area contributed by atoms with Crippen LogP contribution in [-0.4, -0.2) is 42.5 Å². The summed E-state index contributed by atoms with van der Waals surface area (Å²) in [4.78, 5) is 17.4. The SMILES string of the molecule is CCCC[S@+]([O-])NC(c1cnn2cc([C@@H](NC(=O)OC(C)(C)C)C3CCC(F)(F)CC3)nc2c1)C1CC1. The number of nitrogens with one attached hydrogen (secondary N) is 2. The molecule has 2 saturated carbocycles. The minimum absolute atomic E-state index is 0.0633. The molecule has 0 radical (unpaired) electrons. The quantitative estimate of drug-likeness (QED) is 0.380. The molecule has 2 heterocycles. The van der Waals surface area contributed by atoms with Crippen LogP contribution < -0.4 is 10.0 Å². The highest BCUT2D eigenvalue weighted by Crippen LogP contribution is 2.43. The van der Waals surface area contributed by atoms with E-state index in [1.54, 1.807) is 37.7 Å². The standard InChI is InChI=1S/C26H39F2N5O3S/c1-5-6-13-37(35)32-22(17-7-8-17)19-14-21-30-20(16-33(21)29-15-19)23(31-24(34)36-25(2,3)4)18-9-11-26(27,28)12-10-18/h14-18,22-23,32H,5-13H2,1-4H3,(H,31,34)/t22?,23-,37-/m0/s1. The van der Waals surface area contributed by atoms with Gasteiger partial charge in [-0.05, 0) is 76.3 Å². The van der Waals surface area contributed by atoms with E-state index < -0.39 is 35.0 Å². The normalized spacial score (nSPS) is 20.9. The van der Waals surface area contributed by atoms with Crippen LogP contribution in [0, 0.1) is 11.8 Å². The van der Waals surface area contributed by atoms with Gasteiger partial charge in [0, 0.05) is 24.2 Å². The average molecular weight is 540 g/mol. The lowest BCUT2D eigenvalue weighted by Crippen LogP contribution is -2.40. The number of carbonyl (C=O) groups excluding carboxylic acids is 1. The van der Waals surface area contributed by atoms with Crippen LogP contribution in [0.3, 0.4) is 0 Å². The van der Waals surface area contributed by atoms with Crippen molar-refractivity contribution >= 4 is 23.1 Å². The van der Waals surface area contributed by atoms with Gasteiger partial charge < -0.3 is 14.6 Å². The van der Waals surface area contributed by atoms with Crippen LogP contribution in [0.5, 0.6) is 0 Å². The van der Waals surface area contributed by atoms with Crippen molar-refractivity contribution in [3.8, 4) is 0 Å². The number of imidazole rings is 1. The molecule has 2 fully saturated rings. The Morgan fingerprint density at radius 1 is 1.24 bits per heavy atom. The van der Waals surface area contributed by atoms with Gasteiger partial charge >= 0.3 is 6.09 Å². The van der Waals surface area contributed by atoms with Crippen molar-refractivity contribution in [3.05, 3.63) is 29.7 Å². The van der Waals surface area contributed by atoms with Gasteiger partial charge in [0.15, 0.2) is 5.65 Å². The molecular weight excluding hydrogens is 500 g/mol. The zero-order valence-corrected chi connectivity index (χ0v) is 23.0. The number of hydrogen-bond donors (Lipinski definition) is 2. The number of alkyl carbamates (subject to hydrolysis) is 1. The largest absolute Gasteiger partial charge is 0.598 e. The second-order valence-electron chi connectivity index (χ2n) is 11.4. The first-order valence-corrected chi connectivity index (χ1v) is 14.6. The number of carbonyl (C=O) groups is 1. The minimum Gasteiger partial charge on any atom is -0.598 e. The number of amides is 1. The molecule has 2 aromatic heterocycles. The number of ether oxygens (including phenoxy) is 1. The molecule has 2 aromatic rings. The van der Waals surface area contributed by atoms with Crippen molar-refractivity contribution in [1.82, 2.24) is 24.6 Å². The number of aromatic nitrogens is 3. The number of rotatable bonds is 10. The molecule has 11 heteroatoms. The van der Waals surface area contributed by atoms with E-state index in [4.69, 9.17) is 9.72 Å². The van der Waals surface area contributed by atoms with Crippen LogP contribution in [-0.2, 0) is 16.1 Å². The number of alkyl halides is 2. The molecule has 0 aromatic carbocycles. The van der Waals surface area contributed by atoms with Crippen LogP contribution in [0.4, 0.5) is 13.6 Å². The van der Waals surface area contributed by atoms with E-state index in [1.807, 2.05) is 6.07 Å². The summed E-state index contributed by atoms with van der Waals surface area (Å²) < 4.78 is 50.7. The van der Waals surface area contributed by atoms with Crippen LogP contribution in [0.2, 0.25) is 0 Å². The van der Waals surface area contributed by atoms with Crippen molar-refractivity contribution in [2.24, 2.45) is 11.8 Å². The zero-order valence-electron chi connectivity index (χ0n) is 22.1. The van der Waals surface area contributed by atoms with E-state index in [1.165, 1.54) is 0 Å². The smallest absolute Gasteiger partial charge is 0.408 e. The van der Waals surface area contributed by atoms with Crippen LogP contribution in [0.25, 0.3) is 5.65 Å². The van der Waals surface area contributed by atoms with Crippen LogP contribution in [0.15, 0.2) is 18.5 Å². The Morgan fingerprint density at radius 3 is 2.54 bits per heavy atom. The maximum Gasteiger partial charge on any atom is 0.408 e. The summed E-state index contributed by atoms with van der Waals surface area (Å²) in [5, 5.41) is 7.44. The number of hydrogen-bond acceptors (Lipinski definition) is 6. The van der Waals surface area contributed by atoms with Gasteiger partial charge in [0.05, 0.1) is 30.2 Å².